The van der Waals surface area contributed by atoms with E-state index in [0.717, 1.165) is 6.26 Å². The normalized spacial score (nSPS) is 11.0. The maximum Gasteiger partial charge on any atom is 0.338 e. The Morgan fingerprint density at radius 2 is 1.77 bits per heavy atom. The number of rotatable bonds is 6. The van der Waals surface area contributed by atoms with Crippen molar-refractivity contribution in [3.63, 3.8) is 0 Å². The molecule has 6 nitrogen and oxygen atoms in total. The van der Waals surface area contributed by atoms with Gasteiger partial charge in [0.25, 0.3) is 5.91 Å². The van der Waals surface area contributed by atoms with Gasteiger partial charge in [0.2, 0.25) is 0 Å². The molecule has 0 radical (unpaired) electrons. The minimum Gasteiger partial charge on any atom is -0.452 e. The van der Waals surface area contributed by atoms with E-state index in [2.05, 4.69) is 5.32 Å². The average Bonchev–Trinajstić information content (AvgIpc) is 2.54. The van der Waals surface area contributed by atoms with E-state index in [0.29, 0.717) is 11.1 Å². The Bertz CT molecular complexity index is 923. The number of anilines is 1. The summed E-state index contributed by atoms with van der Waals surface area (Å²) >= 11 is 0. The smallest absolute Gasteiger partial charge is 0.338 e. The molecule has 1 N–H and O–H groups in total. The van der Waals surface area contributed by atoms with E-state index < -0.39 is 34.1 Å². The number of nitrogens with one attached hydrogen (secondary N) is 1. The lowest BCUT2D eigenvalue weighted by atomic mass is 10.1. The average molecular weight is 379 g/mol. The number of hydrogen-bond donors (Lipinski definition) is 1. The zero-order valence-electron chi connectivity index (χ0n) is 14.3. The maximum atomic E-state index is 13.7. The highest BCUT2D eigenvalue weighted by molar-refractivity contribution is 7.89. The predicted molar refractivity (Wildman–Crippen MR) is 95.0 cm³/mol. The Balaban J connectivity index is 1.90. The van der Waals surface area contributed by atoms with Gasteiger partial charge in [-0.15, -0.1) is 0 Å². The predicted octanol–water partition coefficient (Wildman–Crippen LogP) is 2.47. The zero-order valence-corrected chi connectivity index (χ0v) is 15.1. The molecule has 0 saturated carbocycles. The standard InChI is InChI=1S/C18H18FNO5S/c1-12-3-8-16(15(19)9-12)20-17(21)10-25-18(22)14-6-4-13(5-7-14)11-26(2,23)24/h3-9H,10-11H2,1-2H3,(H,20,21). The van der Waals surface area contributed by atoms with Crippen molar-refractivity contribution < 1.29 is 27.1 Å². The first-order valence-electron chi connectivity index (χ1n) is 7.64. The zero-order chi connectivity index (χ0) is 19.3. The lowest BCUT2D eigenvalue weighted by Crippen LogP contribution is -2.21. The van der Waals surface area contributed by atoms with Gasteiger partial charge < -0.3 is 10.1 Å². The molecule has 0 saturated heterocycles. The fourth-order valence-corrected chi connectivity index (χ4v) is 2.96. The molecule has 0 spiro atoms. The van der Waals surface area contributed by atoms with Crippen molar-refractivity contribution in [2.24, 2.45) is 0 Å². The Kier molecular flexibility index (Phi) is 6.10. The maximum absolute atomic E-state index is 13.7. The Labute approximate surface area is 150 Å². The van der Waals surface area contributed by atoms with Crippen LogP contribution in [-0.2, 0) is 25.1 Å². The summed E-state index contributed by atoms with van der Waals surface area (Å²) in [5.41, 5.74) is 1.43. The van der Waals surface area contributed by atoms with Gasteiger partial charge in [0.15, 0.2) is 16.4 Å². The quantitative estimate of drug-likeness (QED) is 0.779. The summed E-state index contributed by atoms with van der Waals surface area (Å²) in [4.78, 5) is 23.7. The Hall–Kier alpha value is -2.74. The molecule has 2 aromatic rings. The largest absolute Gasteiger partial charge is 0.452 e. The molecule has 0 bridgehead atoms. The van der Waals surface area contributed by atoms with Gasteiger partial charge >= 0.3 is 5.97 Å². The fraction of sp³-hybridized carbons (Fsp3) is 0.222. The van der Waals surface area contributed by atoms with Gasteiger partial charge in [0.05, 0.1) is 17.0 Å². The number of hydrogen-bond acceptors (Lipinski definition) is 5. The minimum atomic E-state index is -3.17. The van der Waals surface area contributed by atoms with Gasteiger partial charge in [-0.05, 0) is 42.3 Å². The molecule has 2 rings (SSSR count). The van der Waals surface area contributed by atoms with Crippen LogP contribution in [0.2, 0.25) is 0 Å². The first kappa shape index (κ1) is 19.6. The molecule has 0 aliphatic carbocycles. The molecule has 0 aliphatic rings. The highest BCUT2D eigenvalue weighted by atomic mass is 32.2. The third-order valence-corrected chi connectivity index (χ3v) is 4.21. The van der Waals surface area contributed by atoms with Gasteiger partial charge in [0, 0.05) is 6.26 Å². The van der Waals surface area contributed by atoms with Crippen LogP contribution in [0, 0.1) is 12.7 Å². The summed E-state index contributed by atoms with van der Waals surface area (Å²) in [5, 5.41) is 2.32. The Morgan fingerprint density at radius 1 is 1.12 bits per heavy atom. The van der Waals surface area contributed by atoms with Crippen LogP contribution in [0.25, 0.3) is 0 Å². The molecule has 26 heavy (non-hydrogen) atoms. The van der Waals surface area contributed by atoms with E-state index in [-0.39, 0.29) is 17.0 Å². The number of sulfone groups is 1. The summed E-state index contributed by atoms with van der Waals surface area (Å²) in [7, 11) is -3.17. The van der Waals surface area contributed by atoms with E-state index in [9.17, 15) is 22.4 Å². The van der Waals surface area contributed by atoms with Crippen LogP contribution in [0.3, 0.4) is 0 Å². The summed E-state index contributed by atoms with van der Waals surface area (Å²) < 4.78 is 41.0. The number of halogens is 1. The van der Waals surface area contributed by atoms with Crippen LogP contribution in [0.5, 0.6) is 0 Å². The monoisotopic (exact) mass is 379 g/mol. The molecule has 0 atom stereocenters. The second-order valence-electron chi connectivity index (χ2n) is 5.87. The van der Waals surface area contributed by atoms with E-state index in [1.807, 2.05) is 0 Å². The molecule has 0 heterocycles. The van der Waals surface area contributed by atoms with Crippen molar-refractivity contribution in [2.45, 2.75) is 12.7 Å². The number of carbonyl (C=O) groups excluding carboxylic acids is 2. The first-order chi connectivity index (χ1) is 12.1. The number of aryl methyl sites for hydroxylation is 1. The molecule has 2 aromatic carbocycles. The third-order valence-electron chi connectivity index (χ3n) is 3.35. The Morgan fingerprint density at radius 3 is 2.35 bits per heavy atom. The number of benzene rings is 2. The summed E-state index contributed by atoms with van der Waals surface area (Å²) in [6.45, 7) is 1.15. The van der Waals surface area contributed by atoms with Gasteiger partial charge in [-0.25, -0.2) is 17.6 Å². The fourth-order valence-electron chi connectivity index (χ4n) is 2.16. The van der Waals surface area contributed by atoms with Crippen LogP contribution < -0.4 is 5.32 Å². The lowest BCUT2D eigenvalue weighted by Gasteiger charge is -2.08. The number of amides is 1. The van der Waals surface area contributed by atoms with Crippen molar-refractivity contribution in [3.05, 3.63) is 65.0 Å². The third kappa shape index (κ3) is 5.96. The first-order valence-corrected chi connectivity index (χ1v) is 9.70. The van der Waals surface area contributed by atoms with Gasteiger partial charge in [-0.2, -0.15) is 0 Å². The molecular formula is C18H18FNO5S. The highest BCUT2D eigenvalue weighted by Crippen LogP contribution is 2.15. The second kappa shape index (κ2) is 8.09. The summed E-state index contributed by atoms with van der Waals surface area (Å²) in [6.07, 6.45) is 1.12. The van der Waals surface area contributed by atoms with E-state index >= 15 is 0 Å². The lowest BCUT2D eigenvalue weighted by molar-refractivity contribution is -0.119. The van der Waals surface area contributed by atoms with E-state index in [1.54, 1.807) is 13.0 Å². The summed E-state index contributed by atoms with van der Waals surface area (Å²) in [6, 6.07) is 10.2. The van der Waals surface area contributed by atoms with Crippen LogP contribution >= 0.6 is 0 Å². The summed E-state index contributed by atoms with van der Waals surface area (Å²) in [5.74, 6) is -2.12. The molecule has 138 valence electrons. The topological polar surface area (TPSA) is 89.5 Å². The van der Waals surface area contributed by atoms with Gasteiger partial charge in [-0.3, -0.25) is 4.79 Å². The van der Waals surface area contributed by atoms with Gasteiger partial charge in [0.1, 0.15) is 5.82 Å². The van der Waals surface area contributed by atoms with Gasteiger partial charge in [-0.1, -0.05) is 18.2 Å². The molecule has 0 aromatic heterocycles. The molecule has 0 unspecified atom stereocenters. The van der Waals surface area contributed by atoms with E-state index in [1.165, 1.54) is 36.4 Å². The van der Waals surface area contributed by atoms with Crippen LogP contribution in [0.15, 0.2) is 42.5 Å². The molecule has 8 heteroatoms. The number of ether oxygens (including phenoxy) is 1. The molecular weight excluding hydrogens is 361 g/mol. The number of esters is 1. The van der Waals surface area contributed by atoms with Crippen LogP contribution in [0.4, 0.5) is 10.1 Å². The molecule has 1 amide bonds. The van der Waals surface area contributed by atoms with Crippen molar-refractivity contribution in [2.75, 3.05) is 18.2 Å². The molecule has 0 fully saturated rings. The van der Waals surface area contributed by atoms with Crippen molar-refractivity contribution >= 4 is 27.4 Å². The molecule has 0 aliphatic heterocycles. The SMILES string of the molecule is Cc1ccc(NC(=O)COC(=O)c2ccc(CS(C)(=O)=O)cc2)c(F)c1. The second-order valence-corrected chi connectivity index (χ2v) is 8.01. The van der Waals surface area contributed by atoms with E-state index in [4.69, 9.17) is 4.74 Å². The minimum absolute atomic E-state index is 0.00165. The highest BCUT2D eigenvalue weighted by Gasteiger charge is 2.13. The van der Waals surface area contributed by atoms with Crippen molar-refractivity contribution in [3.8, 4) is 0 Å². The van der Waals surface area contributed by atoms with Crippen molar-refractivity contribution in [1.29, 1.82) is 0 Å². The van der Waals surface area contributed by atoms with Crippen LogP contribution in [-0.4, -0.2) is 33.2 Å². The van der Waals surface area contributed by atoms with Crippen molar-refractivity contribution in [1.82, 2.24) is 0 Å². The van der Waals surface area contributed by atoms with Crippen LogP contribution in [0.1, 0.15) is 21.5 Å². The number of carbonyl (C=O) groups is 2.